The summed E-state index contributed by atoms with van der Waals surface area (Å²) in [5.74, 6) is -1.30. The van der Waals surface area contributed by atoms with Gasteiger partial charge >= 0.3 is 0 Å². The zero-order valence-corrected chi connectivity index (χ0v) is 15.8. The van der Waals surface area contributed by atoms with E-state index in [2.05, 4.69) is 4.98 Å². The number of amides is 1. The summed E-state index contributed by atoms with van der Waals surface area (Å²) in [5, 5.41) is 12.4. The Kier molecular flexibility index (Phi) is 5.04. The highest BCUT2D eigenvalue weighted by molar-refractivity contribution is 7.12. The van der Waals surface area contributed by atoms with Gasteiger partial charge in [0.05, 0.1) is 16.5 Å². The number of aliphatic hydroxyl groups is 1. The van der Waals surface area contributed by atoms with Crippen LogP contribution in [0.2, 0.25) is 0 Å². The molecule has 140 valence electrons. The molecule has 0 bridgehead atoms. The second-order valence-corrected chi connectivity index (χ2v) is 7.43. The molecule has 1 N–H and O–H groups in total. The molecule has 4 rings (SSSR count). The zero-order valence-electron chi connectivity index (χ0n) is 15.0. The van der Waals surface area contributed by atoms with Crippen LogP contribution in [0.4, 0.5) is 0 Å². The van der Waals surface area contributed by atoms with E-state index in [0.717, 1.165) is 11.1 Å². The highest BCUT2D eigenvalue weighted by Gasteiger charge is 2.43. The van der Waals surface area contributed by atoms with Gasteiger partial charge < -0.3 is 10.0 Å². The van der Waals surface area contributed by atoms with Gasteiger partial charge in [0.25, 0.3) is 5.91 Å². The number of carbonyl (C=O) groups excluding carboxylic acids is 2. The first-order valence-corrected chi connectivity index (χ1v) is 9.81. The molecule has 0 saturated heterocycles. The predicted octanol–water partition coefficient (Wildman–Crippen LogP) is 3.96. The molecule has 0 fully saturated rings. The number of aromatic nitrogens is 1. The first-order valence-electron chi connectivity index (χ1n) is 8.93. The molecule has 3 aromatic rings. The summed E-state index contributed by atoms with van der Waals surface area (Å²) >= 11 is 1.29. The number of rotatable bonds is 6. The van der Waals surface area contributed by atoms with Gasteiger partial charge in [0.1, 0.15) is 0 Å². The molecular weight excluding hydrogens is 372 g/mol. The van der Waals surface area contributed by atoms with Gasteiger partial charge in [0.2, 0.25) is 5.78 Å². The van der Waals surface area contributed by atoms with Crippen LogP contribution in [-0.2, 0) is 11.2 Å². The van der Waals surface area contributed by atoms with Crippen LogP contribution in [0.5, 0.6) is 0 Å². The second kappa shape index (κ2) is 7.78. The maximum atomic E-state index is 13.1. The monoisotopic (exact) mass is 390 g/mol. The Bertz CT molecular complexity index is 1010. The molecule has 0 saturated carbocycles. The Morgan fingerprint density at radius 2 is 1.82 bits per heavy atom. The van der Waals surface area contributed by atoms with E-state index in [4.69, 9.17) is 0 Å². The van der Waals surface area contributed by atoms with E-state index in [9.17, 15) is 14.7 Å². The number of benzene rings is 1. The van der Waals surface area contributed by atoms with E-state index in [-0.39, 0.29) is 11.4 Å². The van der Waals surface area contributed by atoms with Gasteiger partial charge in [0.15, 0.2) is 5.76 Å². The molecule has 1 amide bonds. The lowest BCUT2D eigenvalue weighted by Gasteiger charge is -2.26. The van der Waals surface area contributed by atoms with Crippen molar-refractivity contribution in [1.29, 1.82) is 0 Å². The third-order valence-electron chi connectivity index (χ3n) is 4.80. The Hall–Kier alpha value is -3.25. The lowest BCUT2D eigenvalue weighted by Crippen LogP contribution is -2.33. The smallest absolute Gasteiger partial charge is 0.290 e. The maximum absolute atomic E-state index is 13.1. The Balaban J connectivity index is 1.70. The fourth-order valence-corrected chi connectivity index (χ4v) is 4.12. The van der Waals surface area contributed by atoms with Crippen molar-refractivity contribution < 1.29 is 14.7 Å². The first kappa shape index (κ1) is 18.1. The number of Topliss-reactive ketones (excluding diaryl/α,β-unsaturated/α-hetero) is 1. The average Bonchev–Trinajstić information content (AvgIpc) is 3.36. The van der Waals surface area contributed by atoms with Crippen molar-refractivity contribution in [2.45, 2.75) is 12.5 Å². The summed E-state index contributed by atoms with van der Waals surface area (Å²) < 4.78 is 0. The second-order valence-electron chi connectivity index (χ2n) is 6.49. The van der Waals surface area contributed by atoms with Crippen LogP contribution >= 0.6 is 11.3 Å². The van der Waals surface area contributed by atoms with Crippen molar-refractivity contribution in [1.82, 2.24) is 9.88 Å². The van der Waals surface area contributed by atoms with Crippen molar-refractivity contribution in [2.24, 2.45) is 0 Å². The number of thiophene rings is 1. The van der Waals surface area contributed by atoms with E-state index in [1.165, 1.54) is 11.3 Å². The van der Waals surface area contributed by atoms with Crippen molar-refractivity contribution in [2.75, 3.05) is 6.54 Å². The maximum Gasteiger partial charge on any atom is 0.290 e. The molecule has 0 radical (unpaired) electrons. The van der Waals surface area contributed by atoms with Crippen LogP contribution in [-0.4, -0.2) is 33.2 Å². The molecule has 2 aromatic heterocycles. The minimum Gasteiger partial charge on any atom is -0.503 e. The molecule has 1 aromatic carbocycles. The normalized spacial score (nSPS) is 16.6. The standard InChI is InChI=1S/C22H18N2O3S/c25-20(17-7-4-14-28-17)18-19(16-8-11-23-12-9-16)24(22(27)21(18)26)13-10-15-5-2-1-3-6-15/h1-9,11-12,14,19,26H,10,13H2. The van der Waals surface area contributed by atoms with E-state index >= 15 is 0 Å². The van der Waals surface area contributed by atoms with Gasteiger partial charge in [-0.1, -0.05) is 36.4 Å². The minimum atomic E-state index is -0.631. The summed E-state index contributed by atoms with van der Waals surface area (Å²) in [6.45, 7) is 0.390. The number of hydrogen-bond donors (Lipinski definition) is 1. The number of carbonyl (C=O) groups is 2. The van der Waals surface area contributed by atoms with Crippen LogP contribution in [0.1, 0.15) is 26.8 Å². The average molecular weight is 390 g/mol. The summed E-state index contributed by atoms with van der Waals surface area (Å²) in [7, 11) is 0. The molecule has 1 unspecified atom stereocenters. The van der Waals surface area contributed by atoms with Crippen molar-refractivity contribution >= 4 is 23.0 Å². The van der Waals surface area contributed by atoms with Gasteiger partial charge in [-0.3, -0.25) is 14.6 Å². The molecule has 28 heavy (non-hydrogen) atoms. The molecular formula is C22H18N2O3S. The molecule has 6 heteroatoms. The molecule has 3 heterocycles. The lowest BCUT2D eigenvalue weighted by atomic mass is 9.96. The number of hydrogen-bond acceptors (Lipinski definition) is 5. The number of aliphatic hydroxyl groups excluding tert-OH is 1. The highest BCUT2D eigenvalue weighted by Crippen LogP contribution is 2.39. The number of pyridine rings is 1. The van der Waals surface area contributed by atoms with Gasteiger partial charge in [0, 0.05) is 18.9 Å². The Morgan fingerprint density at radius 3 is 2.50 bits per heavy atom. The minimum absolute atomic E-state index is 0.131. The first-order chi connectivity index (χ1) is 13.7. The van der Waals surface area contributed by atoms with E-state index in [1.54, 1.807) is 46.9 Å². The highest BCUT2D eigenvalue weighted by atomic mass is 32.1. The topological polar surface area (TPSA) is 70.5 Å². The third-order valence-corrected chi connectivity index (χ3v) is 5.67. The molecule has 1 aliphatic heterocycles. The molecule has 1 atom stereocenters. The van der Waals surface area contributed by atoms with E-state index < -0.39 is 17.7 Å². The summed E-state index contributed by atoms with van der Waals surface area (Å²) in [4.78, 5) is 32.0. The Morgan fingerprint density at radius 1 is 1.07 bits per heavy atom. The van der Waals surface area contributed by atoms with Crippen LogP contribution in [0, 0.1) is 0 Å². The van der Waals surface area contributed by atoms with Crippen molar-refractivity contribution in [3.05, 3.63) is 99.7 Å². The van der Waals surface area contributed by atoms with Gasteiger partial charge in [-0.2, -0.15) is 0 Å². The fraction of sp³-hybridized carbons (Fsp3) is 0.136. The lowest BCUT2D eigenvalue weighted by molar-refractivity contribution is -0.129. The van der Waals surface area contributed by atoms with Gasteiger partial charge in [-0.15, -0.1) is 11.3 Å². The van der Waals surface area contributed by atoms with Crippen LogP contribution in [0.15, 0.2) is 83.7 Å². The molecule has 0 spiro atoms. The van der Waals surface area contributed by atoms with E-state index in [1.807, 2.05) is 30.3 Å². The molecule has 5 nitrogen and oxygen atoms in total. The molecule has 1 aliphatic rings. The summed E-state index contributed by atoms with van der Waals surface area (Å²) in [6, 6.07) is 16.2. The van der Waals surface area contributed by atoms with Crippen LogP contribution in [0.3, 0.4) is 0 Å². The number of nitrogens with zero attached hydrogens (tertiary/aromatic N) is 2. The predicted molar refractivity (Wildman–Crippen MR) is 107 cm³/mol. The zero-order chi connectivity index (χ0) is 19.5. The summed E-state index contributed by atoms with van der Waals surface area (Å²) in [5.41, 5.74) is 1.97. The quantitative estimate of drug-likeness (QED) is 0.647. The third kappa shape index (κ3) is 3.34. The van der Waals surface area contributed by atoms with Crippen molar-refractivity contribution in [3.63, 3.8) is 0 Å². The largest absolute Gasteiger partial charge is 0.503 e. The van der Waals surface area contributed by atoms with Crippen LogP contribution < -0.4 is 0 Å². The fourth-order valence-electron chi connectivity index (χ4n) is 3.44. The van der Waals surface area contributed by atoms with E-state index in [0.29, 0.717) is 17.8 Å². The van der Waals surface area contributed by atoms with Crippen LogP contribution in [0.25, 0.3) is 0 Å². The summed E-state index contributed by atoms with van der Waals surface area (Å²) in [6.07, 6.45) is 3.87. The SMILES string of the molecule is O=C(C1=C(O)C(=O)N(CCc2ccccc2)C1c1ccncc1)c1cccs1. The number of ketones is 1. The van der Waals surface area contributed by atoms with Gasteiger partial charge in [-0.05, 0) is 41.1 Å². The van der Waals surface area contributed by atoms with Gasteiger partial charge in [-0.25, -0.2) is 0 Å². The van der Waals surface area contributed by atoms with Crippen molar-refractivity contribution in [3.8, 4) is 0 Å². The Labute approximate surface area is 166 Å². The molecule has 0 aliphatic carbocycles.